The van der Waals surface area contributed by atoms with Crippen molar-refractivity contribution >= 4 is 44.5 Å². The summed E-state index contributed by atoms with van der Waals surface area (Å²) in [7, 11) is -4.21. The molecule has 0 spiro atoms. The minimum Gasteiger partial charge on any atom is -0.478 e. The summed E-state index contributed by atoms with van der Waals surface area (Å²) in [5.74, 6) is -1.20. The van der Waals surface area contributed by atoms with Gasteiger partial charge in [0.15, 0.2) is 0 Å². The molecular formula is C33H37IN4O5S. The van der Waals surface area contributed by atoms with E-state index in [2.05, 4.69) is 87.6 Å². The molecule has 0 amide bonds. The van der Waals surface area contributed by atoms with Crippen molar-refractivity contribution in [2.75, 3.05) is 11.3 Å². The number of sulfonamides is 1. The van der Waals surface area contributed by atoms with Gasteiger partial charge in [0.05, 0.1) is 16.2 Å². The van der Waals surface area contributed by atoms with Crippen molar-refractivity contribution in [1.82, 2.24) is 15.3 Å². The first kappa shape index (κ1) is 33.3. The van der Waals surface area contributed by atoms with Crippen LogP contribution in [-0.2, 0) is 16.6 Å². The van der Waals surface area contributed by atoms with Gasteiger partial charge < -0.3 is 15.2 Å². The molecule has 0 saturated heterocycles. The molecule has 0 radical (unpaired) electrons. The van der Waals surface area contributed by atoms with Crippen LogP contribution in [0.4, 0.5) is 5.95 Å². The quantitative estimate of drug-likeness (QED) is 0.135. The minimum atomic E-state index is -4.21. The average molecular weight is 729 g/mol. The first-order valence-corrected chi connectivity index (χ1v) is 16.7. The zero-order valence-electron chi connectivity index (χ0n) is 25.4. The van der Waals surface area contributed by atoms with E-state index in [1.165, 1.54) is 21.8 Å². The van der Waals surface area contributed by atoms with Crippen LogP contribution >= 0.6 is 22.6 Å². The van der Waals surface area contributed by atoms with Crippen molar-refractivity contribution in [1.29, 1.82) is 0 Å². The second kappa shape index (κ2) is 14.0. The van der Waals surface area contributed by atoms with Crippen molar-refractivity contribution in [2.24, 2.45) is 5.41 Å². The molecule has 0 aliphatic heterocycles. The van der Waals surface area contributed by atoms with Crippen molar-refractivity contribution in [2.45, 2.75) is 58.5 Å². The number of anilines is 1. The lowest BCUT2D eigenvalue weighted by Gasteiger charge is -2.27. The second-order valence-corrected chi connectivity index (χ2v) is 14.8. The molecule has 0 fully saturated rings. The molecule has 1 atom stereocenters. The summed E-state index contributed by atoms with van der Waals surface area (Å²) >= 11 is 2.29. The van der Waals surface area contributed by atoms with E-state index in [9.17, 15) is 18.3 Å². The van der Waals surface area contributed by atoms with Gasteiger partial charge in [-0.15, -0.1) is 0 Å². The maximum atomic E-state index is 13.3. The number of rotatable bonds is 12. The van der Waals surface area contributed by atoms with Crippen LogP contribution in [-0.4, -0.2) is 42.1 Å². The first-order valence-electron chi connectivity index (χ1n) is 14.1. The smallest absolute Gasteiger partial charge is 0.335 e. The fraction of sp³-hybridized carbons (Fsp3) is 0.303. The number of hydrogen-bond acceptors (Lipinski definition) is 7. The highest BCUT2D eigenvalue weighted by atomic mass is 127. The van der Waals surface area contributed by atoms with E-state index in [4.69, 9.17) is 4.74 Å². The number of aryl methyl sites for hydroxylation is 2. The van der Waals surface area contributed by atoms with Gasteiger partial charge in [-0.2, -0.15) is 4.98 Å². The zero-order chi connectivity index (χ0) is 32.1. The summed E-state index contributed by atoms with van der Waals surface area (Å²) < 4.78 is 36.4. The Balaban J connectivity index is 1.65. The number of carbonyl (C=O) groups is 1. The monoisotopic (exact) mass is 728 g/mol. The fourth-order valence-corrected chi connectivity index (χ4v) is 6.20. The lowest BCUT2D eigenvalue weighted by molar-refractivity contribution is 0.0696. The van der Waals surface area contributed by atoms with Gasteiger partial charge in [0.1, 0.15) is 6.61 Å². The van der Waals surface area contributed by atoms with E-state index in [0.29, 0.717) is 12.2 Å². The predicted molar refractivity (Wildman–Crippen MR) is 181 cm³/mol. The number of aromatic carboxylic acids is 1. The van der Waals surface area contributed by atoms with Crippen LogP contribution in [0.3, 0.4) is 0 Å². The number of nitrogens with zero attached hydrogens (tertiary/aromatic N) is 2. The molecule has 3 aromatic carbocycles. The number of halogens is 1. The van der Waals surface area contributed by atoms with Gasteiger partial charge in [-0.3, -0.25) is 0 Å². The Morgan fingerprint density at radius 1 is 0.977 bits per heavy atom. The number of ether oxygens (including phenoxy) is 1. The van der Waals surface area contributed by atoms with Gasteiger partial charge in [-0.1, -0.05) is 57.2 Å². The highest BCUT2D eigenvalue weighted by molar-refractivity contribution is 14.1. The van der Waals surface area contributed by atoms with Crippen molar-refractivity contribution < 1.29 is 23.1 Å². The lowest BCUT2D eigenvalue weighted by atomic mass is 9.88. The minimum absolute atomic E-state index is 0.0213. The molecule has 9 nitrogen and oxygen atoms in total. The molecule has 0 saturated carbocycles. The van der Waals surface area contributed by atoms with Crippen LogP contribution in [0.2, 0.25) is 0 Å². The molecule has 1 aromatic heterocycles. The number of aromatic nitrogens is 2. The number of carboxylic acids is 1. The number of benzene rings is 3. The summed E-state index contributed by atoms with van der Waals surface area (Å²) in [6, 6.07) is 21.0. The molecule has 4 rings (SSSR count). The molecule has 0 aliphatic carbocycles. The van der Waals surface area contributed by atoms with Crippen molar-refractivity contribution in [3.8, 4) is 17.1 Å². The second-order valence-electron chi connectivity index (χ2n) is 11.9. The van der Waals surface area contributed by atoms with Crippen LogP contribution < -0.4 is 14.8 Å². The molecule has 4 aromatic rings. The molecule has 11 heteroatoms. The Morgan fingerprint density at radius 2 is 1.64 bits per heavy atom. The van der Waals surface area contributed by atoms with Crippen LogP contribution in [0.25, 0.3) is 11.3 Å². The molecular weight excluding hydrogens is 691 g/mol. The fourth-order valence-electron chi connectivity index (χ4n) is 4.85. The van der Waals surface area contributed by atoms with Gasteiger partial charge in [0.2, 0.25) is 11.8 Å². The van der Waals surface area contributed by atoms with Crippen molar-refractivity contribution in [3.63, 3.8) is 0 Å². The topological polar surface area (TPSA) is 131 Å². The van der Waals surface area contributed by atoms with Gasteiger partial charge >= 0.3 is 5.97 Å². The Kier molecular flexibility index (Phi) is 10.6. The van der Waals surface area contributed by atoms with Crippen LogP contribution in [0, 0.1) is 22.8 Å². The van der Waals surface area contributed by atoms with Gasteiger partial charge in [-0.25, -0.2) is 22.9 Å². The van der Waals surface area contributed by atoms with E-state index in [-0.39, 0.29) is 40.4 Å². The molecule has 232 valence electrons. The third kappa shape index (κ3) is 9.23. The summed E-state index contributed by atoms with van der Waals surface area (Å²) in [5, 5.41) is 12.9. The molecule has 3 N–H and O–H groups in total. The van der Waals surface area contributed by atoms with E-state index in [1.54, 1.807) is 6.07 Å². The highest BCUT2D eigenvalue weighted by Crippen LogP contribution is 2.30. The van der Waals surface area contributed by atoms with E-state index < -0.39 is 16.0 Å². The number of carboxylic acid groups (broad SMARTS) is 1. The Hall–Kier alpha value is -3.55. The summed E-state index contributed by atoms with van der Waals surface area (Å²) in [5.41, 5.74) is 4.30. The van der Waals surface area contributed by atoms with E-state index in [0.717, 1.165) is 34.7 Å². The van der Waals surface area contributed by atoms with E-state index in [1.807, 2.05) is 32.0 Å². The van der Waals surface area contributed by atoms with Gasteiger partial charge in [0, 0.05) is 27.8 Å². The van der Waals surface area contributed by atoms with E-state index >= 15 is 0 Å². The maximum Gasteiger partial charge on any atom is 0.335 e. The summed E-state index contributed by atoms with van der Waals surface area (Å²) in [6.45, 7) is 11.4. The van der Waals surface area contributed by atoms with Crippen LogP contribution in [0.5, 0.6) is 5.88 Å². The normalized spacial score (nSPS) is 12.5. The third-order valence-electron chi connectivity index (χ3n) is 6.86. The Morgan fingerprint density at radius 3 is 2.27 bits per heavy atom. The molecule has 1 unspecified atom stereocenters. The first-order chi connectivity index (χ1) is 20.7. The molecule has 0 aliphatic rings. The molecule has 0 bridgehead atoms. The lowest BCUT2D eigenvalue weighted by Crippen LogP contribution is -2.37. The standard InChI is InChI=1S/C33H37IN4O5S/c1-21-8-6-9-22(2)30(21)28-17-29(37-32(36-28)38-44(41,42)27-11-7-10-24(16-27)31(39)40)43-20-26(18-33(3,4)5)35-19-23-12-14-25(34)15-13-23/h6-17,26,35H,18-20H2,1-5H3,(H,39,40)(H,36,37,38). The maximum absolute atomic E-state index is 13.3. The van der Waals surface area contributed by atoms with Crippen LogP contribution in [0.15, 0.2) is 77.7 Å². The highest BCUT2D eigenvalue weighted by Gasteiger charge is 2.22. The van der Waals surface area contributed by atoms with Crippen molar-refractivity contribution in [3.05, 3.63) is 98.6 Å². The Labute approximate surface area is 272 Å². The SMILES string of the molecule is Cc1cccc(C)c1-c1cc(OCC(CC(C)(C)C)NCc2ccc(I)cc2)nc(NS(=O)(=O)c2cccc(C(=O)O)c2)n1. The third-order valence-corrected chi connectivity index (χ3v) is 8.90. The van der Waals surface area contributed by atoms with Crippen LogP contribution in [0.1, 0.15) is 54.2 Å². The average Bonchev–Trinajstić information content (AvgIpc) is 2.94. The number of hydrogen-bond donors (Lipinski definition) is 3. The zero-order valence-corrected chi connectivity index (χ0v) is 28.4. The molecule has 44 heavy (non-hydrogen) atoms. The predicted octanol–water partition coefficient (Wildman–Crippen LogP) is 6.84. The Bertz CT molecular complexity index is 1720. The van der Waals surface area contributed by atoms with Gasteiger partial charge in [-0.05, 0) is 95.3 Å². The molecule has 1 heterocycles. The summed E-state index contributed by atoms with van der Waals surface area (Å²) in [4.78, 5) is 20.2. The van der Waals surface area contributed by atoms with Gasteiger partial charge in [0.25, 0.3) is 10.0 Å². The number of nitrogens with one attached hydrogen (secondary N) is 2. The largest absolute Gasteiger partial charge is 0.478 e. The summed E-state index contributed by atoms with van der Waals surface area (Å²) in [6.07, 6.45) is 0.825.